The lowest BCUT2D eigenvalue weighted by Gasteiger charge is -2.39. The summed E-state index contributed by atoms with van der Waals surface area (Å²) in [5.74, 6) is 0.00261. The van der Waals surface area contributed by atoms with Crippen molar-refractivity contribution >= 4 is 29.5 Å². The molecule has 2 atom stereocenters. The molecule has 0 radical (unpaired) electrons. The van der Waals surface area contributed by atoms with Crippen molar-refractivity contribution in [3.8, 4) is 11.3 Å². The Morgan fingerprint density at radius 3 is 2.74 bits per heavy atom. The Balaban J connectivity index is 1.76. The molecule has 166 valence electrons. The molecule has 2 aromatic rings. The van der Waals surface area contributed by atoms with Gasteiger partial charge in [0.05, 0.1) is 11.7 Å². The number of nitrogens with zero attached hydrogens (tertiary/aromatic N) is 4. The molecule has 4 amide bonds. The Bertz CT molecular complexity index is 1020. The van der Waals surface area contributed by atoms with Crippen LogP contribution in [-0.2, 0) is 16.1 Å². The number of hydrogen-bond acceptors (Lipinski definition) is 5. The molecule has 0 aliphatic carbocycles. The third kappa shape index (κ3) is 3.60. The molecule has 0 saturated carbocycles. The Morgan fingerprint density at radius 1 is 1.26 bits per heavy atom. The van der Waals surface area contributed by atoms with Crippen molar-refractivity contribution in [2.75, 3.05) is 44.9 Å². The summed E-state index contributed by atoms with van der Waals surface area (Å²) in [6.45, 7) is 3.81. The highest BCUT2D eigenvalue weighted by atomic mass is 16.2. The molecule has 2 aromatic heterocycles. The van der Waals surface area contributed by atoms with Gasteiger partial charge < -0.3 is 30.7 Å². The molecule has 1 saturated heterocycles. The van der Waals surface area contributed by atoms with Crippen LogP contribution in [0.3, 0.4) is 0 Å². The molecule has 4 rings (SSSR count). The minimum Gasteiger partial charge on any atom is -0.367 e. The first-order valence-corrected chi connectivity index (χ1v) is 10.3. The number of likely N-dealkylation sites (N-methyl/N-ethyl adjacent to an activating group) is 1. The predicted octanol–water partition coefficient (Wildman–Crippen LogP) is 1.05. The van der Waals surface area contributed by atoms with Gasteiger partial charge in [-0.2, -0.15) is 5.10 Å². The van der Waals surface area contributed by atoms with Gasteiger partial charge in [0.2, 0.25) is 0 Å². The van der Waals surface area contributed by atoms with Gasteiger partial charge in [-0.25, -0.2) is 4.79 Å². The van der Waals surface area contributed by atoms with Crippen molar-refractivity contribution in [3.63, 3.8) is 0 Å². The number of likely N-dealkylation sites (tertiary alicyclic amines) is 1. The molecule has 0 bridgehead atoms. The second-order valence-electron chi connectivity index (χ2n) is 8.23. The number of H-pyrrole nitrogens is 1. The summed E-state index contributed by atoms with van der Waals surface area (Å²) in [7, 11) is 4.90. The minimum absolute atomic E-state index is 0.0323. The second kappa shape index (κ2) is 7.97. The van der Waals surface area contributed by atoms with E-state index in [0.29, 0.717) is 25.5 Å². The monoisotopic (exact) mass is 428 g/mol. The average Bonchev–Trinajstić information content (AvgIpc) is 3.37. The molecule has 11 nitrogen and oxygen atoms in total. The first-order chi connectivity index (χ1) is 14.8. The second-order valence-corrected chi connectivity index (χ2v) is 8.23. The number of carbonyl (C=O) groups excluding carboxylic acids is 3. The first-order valence-electron chi connectivity index (χ1n) is 10.3. The lowest BCUT2D eigenvalue weighted by molar-refractivity contribution is -0.135. The number of aromatic nitrogens is 3. The first kappa shape index (κ1) is 20.8. The highest BCUT2D eigenvalue weighted by Gasteiger charge is 2.36. The molecular weight excluding hydrogens is 400 g/mol. The molecule has 1 fully saturated rings. The summed E-state index contributed by atoms with van der Waals surface area (Å²) in [6, 6.07) is 1.85. The number of carbonyl (C=O) groups is 3. The summed E-state index contributed by atoms with van der Waals surface area (Å²) < 4.78 is 1.92. The van der Waals surface area contributed by atoms with E-state index in [1.54, 1.807) is 19.0 Å². The number of urea groups is 1. The fourth-order valence-corrected chi connectivity index (χ4v) is 4.25. The van der Waals surface area contributed by atoms with Gasteiger partial charge in [-0.05, 0) is 18.4 Å². The van der Waals surface area contributed by atoms with Crippen molar-refractivity contribution in [1.82, 2.24) is 29.9 Å². The van der Waals surface area contributed by atoms with Crippen molar-refractivity contribution in [1.29, 1.82) is 0 Å². The number of rotatable bonds is 2. The van der Waals surface area contributed by atoms with Crippen LogP contribution in [0.25, 0.3) is 11.3 Å². The zero-order valence-electron chi connectivity index (χ0n) is 18.2. The number of piperidine rings is 1. The standard InChI is InChI=1S/C20H28N8O3/c1-11-6-8-27(20(31)26(3)4)10-14(11)28-15-12-5-7-22-16(12)23-9-13(15)17(25-28)24-19(30)18(29)21-2/h5,7,11,14,22-23H,6,8-10H2,1-4H3,(H,21,29)(H,24,25,30)/t11-,14+/m1/s1. The lowest BCUT2D eigenvalue weighted by atomic mass is 9.93. The van der Waals surface area contributed by atoms with E-state index in [4.69, 9.17) is 5.10 Å². The van der Waals surface area contributed by atoms with E-state index >= 15 is 0 Å². The molecule has 0 spiro atoms. The van der Waals surface area contributed by atoms with E-state index in [1.807, 2.05) is 21.8 Å². The molecule has 4 N–H and O–H groups in total. The molecule has 2 aliphatic rings. The zero-order chi connectivity index (χ0) is 22.3. The van der Waals surface area contributed by atoms with Crippen LogP contribution in [0.5, 0.6) is 0 Å². The third-order valence-corrected chi connectivity index (χ3v) is 6.00. The van der Waals surface area contributed by atoms with Gasteiger partial charge in [0.15, 0.2) is 5.82 Å². The molecule has 31 heavy (non-hydrogen) atoms. The molecular formula is C20H28N8O3. The molecule has 2 aliphatic heterocycles. The zero-order valence-corrected chi connectivity index (χ0v) is 18.2. The summed E-state index contributed by atoms with van der Waals surface area (Å²) in [4.78, 5) is 43.2. The number of anilines is 2. The van der Waals surface area contributed by atoms with Gasteiger partial charge >= 0.3 is 17.8 Å². The summed E-state index contributed by atoms with van der Waals surface area (Å²) in [5, 5.41) is 13.0. The van der Waals surface area contributed by atoms with Crippen LogP contribution in [0.1, 0.15) is 24.9 Å². The Labute approximate surface area is 180 Å². The SMILES string of the molecule is CNC(=O)C(=O)Nc1nn([C@H]2CN(C(=O)N(C)C)CC[C@H]2C)c2c1CNc1[nH]ccc1-2. The van der Waals surface area contributed by atoms with Crippen LogP contribution in [0, 0.1) is 5.92 Å². The summed E-state index contributed by atoms with van der Waals surface area (Å²) in [5.41, 5.74) is 2.64. The molecule has 0 unspecified atom stereocenters. The number of fused-ring (bicyclic) bond motifs is 3. The maximum atomic E-state index is 12.6. The van der Waals surface area contributed by atoms with E-state index in [-0.39, 0.29) is 18.0 Å². The van der Waals surface area contributed by atoms with E-state index in [1.165, 1.54) is 7.05 Å². The molecule has 11 heteroatoms. The summed E-state index contributed by atoms with van der Waals surface area (Å²) >= 11 is 0. The van der Waals surface area contributed by atoms with Crippen molar-refractivity contribution in [2.24, 2.45) is 5.92 Å². The number of amides is 4. The summed E-state index contributed by atoms with van der Waals surface area (Å²) in [6.07, 6.45) is 2.69. The van der Waals surface area contributed by atoms with Crippen LogP contribution in [-0.4, -0.2) is 76.6 Å². The number of aromatic amines is 1. The van der Waals surface area contributed by atoms with Crippen LogP contribution in [0.15, 0.2) is 12.3 Å². The maximum absolute atomic E-state index is 12.6. The van der Waals surface area contributed by atoms with Crippen LogP contribution in [0.2, 0.25) is 0 Å². The van der Waals surface area contributed by atoms with Gasteiger partial charge in [-0.15, -0.1) is 0 Å². The largest absolute Gasteiger partial charge is 0.367 e. The third-order valence-electron chi connectivity index (χ3n) is 6.00. The van der Waals surface area contributed by atoms with Gasteiger partial charge in [0.1, 0.15) is 5.82 Å². The fraction of sp³-hybridized carbons (Fsp3) is 0.500. The van der Waals surface area contributed by atoms with E-state index in [0.717, 1.165) is 29.1 Å². The number of nitrogens with one attached hydrogen (secondary N) is 4. The van der Waals surface area contributed by atoms with E-state index < -0.39 is 11.8 Å². The minimum atomic E-state index is -0.768. The van der Waals surface area contributed by atoms with Crippen LogP contribution < -0.4 is 16.0 Å². The Kier molecular flexibility index (Phi) is 5.34. The molecule has 0 aromatic carbocycles. The van der Waals surface area contributed by atoms with E-state index in [9.17, 15) is 14.4 Å². The quantitative estimate of drug-likeness (QED) is 0.532. The van der Waals surface area contributed by atoms with Crippen molar-refractivity contribution in [3.05, 3.63) is 17.8 Å². The van der Waals surface area contributed by atoms with Crippen LogP contribution >= 0.6 is 0 Å². The number of hydrogen-bond donors (Lipinski definition) is 4. The average molecular weight is 428 g/mol. The van der Waals surface area contributed by atoms with Crippen molar-refractivity contribution < 1.29 is 14.4 Å². The Hall–Kier alpha value is -3.50. The van der Waals surface area contributed by atoms with Gasteiger partial charge in [-0.1, -0.05) is 6.92 Å². The smallest absolute Gasteiger partial charge is 0.319 e. The van der Waals surface area contributed by atoms with Gasteiger partial charge in [-0.3, -0.25) is 14.3 Å². The van der Waals surface area contributed by atoms with Gasteiger partial charge in [0.25, 0.3) is 0 Å². The van der Waals surface area contributed by atoms with Gasteiger partial charge in [0, 0.05) is 58.1 Å². The van der Waals surface area contributed by atoms with Crippen molar-refractivity contribution in [2.45, 2.75) is 25.9 Å². The fourth-order valence-electron chi connectivity index (χ4n) is 4.25. The topological polar surface area (TPSA) is 127 Å². The predicted molar refractivity (Wildman–Crippen MR) is 116 cm³/mol. The highest BCUT2D eigenvalue weighted by Crippen LogP contribution is 2.42. The highest BCUT2D eigenvalue weighted by molar-refractivity contribution is 6.39. The van der Waals surface area contributed by atoms with Crippen LogP contribution in [0.4, 0.5) is 16.4 Å². The normalized spacial score (nSPS) is 19.7. The maximum Gasteiger partial charge on any atom is 0.319 e. The molecule has 4 heterocycles. The lowest BCUT2D eigenvalue weighted by Crippen LogP contribution is -2.48. The Morgan fingerprint density at radius 2 is 2.03 bits per heavy atom. The van der Waals surface area contributed by atoms with E-state index in [2.05, 4.69) is 27.9 Å².